The summed E-state index contributed by atoms with van der Waals surface area (Å²) in [6.07, 6.45) is 3.26. The van der Waals surface area contributed by atoms with Crippen LogP contribution in [0.25, 0.3) is 16.7 Å². The number of nitrogens with zero attached hydrogens (tertiary/aromatic N) is 2. The molecule has 3 aromatic rings. The number of aromatic carboxylic acids is 2. The molecule has 3 aliphatic heterocycles. The summed E-state index contributed by atoms with van der Waals surface area (Å²) in [6, 6.07) is 9.53. The minimum atomic E-state index is -4.67. The molecule has 0 spiro atoms. The van der Waals surface area contributed by atoms with Crippen molar-refractivity contribution in [2.75, 3.05) is 41.0 Å². The van der Waals surface area contributed by atoms with Gasteiger partial charge in [-0.3, -0.25) is 9.11 Å². The Labute approximate surface area is 357 Å². The van der Waals surface area contributed by atoms with Crippen LogP contribution in [0.2, 0.25) is 0 Å². The number of rotatable bonds is 15. The third-order valence-electron chi connectivity index (χ3n) is 10.7. The zero-order valence-corrected chi connectivity index (χ0v) is 37.1. The number of hydrogen-bond acceptors (Lipinski definition) is 12. The molecule has 3 aromatic carbocycles. The van der Waals surface area contributed by atoms with E-state index in [-0.39, 0.29) is 87.2 Å². The average Bonchev–Trinajstić information content (AvgIpc) is 3.09. The van der Waals surface area contributed by atoms with E-state index in [4.69, 9.17) is 15.0 Å². The first-order valence-corrected chi connectivity index (χ1v) is 25.4. The molecule has 0 saturated carbocycles. The Morgan fingerprint density at radius 3 is 1.87 bits per heavy atom. The van der Waals surface area contributed by atoms with E-state index in [1.165, 1.54) is 24.3 Å². The highest BCUT2D eigenvalue weighted by Gasteiger charge is 2.39. The van der Waals surface area contributed by atoms with Gasteiger partial charge < -0.3 is 19.8 Å². The van der Waals surface area contributed by atoms with Crippen molar-refractivity contribution < 1.29 is 67.3 Å². The van der Waals surface area contributed by atoms with E-state index in [2.05, 4.69) is 0 Å². The summed E-state index contributed by atoms with van der Waals surface area (Å²) in [7, 11) is -17.1. The molecule has 3 heterocycles. The van der Waals surface area contributed by atoms with Crippen molar-refractivity contribution >= 4 is 74.6 Å². The van der Waals surface area contributed by atoms with Gasteiger partial charge in [0.05, 0.1) is 39.8 Å². The van der Waals surface area contributed by atoms with Crippen LogP contribution >= 0.6 is 0 Å². The number of carboxylic acid groups (broad SMARTS) is 2. The van der Waals surface area contributed by atoms with Crippen molar-refractivity contribution in [3.8, 4) is 11.5 Å². The molecule has 3 aliphatic rings. The van der Waals surface area contributed by atoms with E-state index in [1.807, 2.05) is 0 Å². The van der Waals surface area contributed by atoms with Crippen LogP contribution in [0.15, 0.2) is 54.6 Å². The lowest BCUT2D eigenvalue weighted by Crippen LogP contribution is -2.50. The molecule has 0 radical (unpaired) electrons. The number of sulfonamides is 2. The normalized spacial score (nSPS) is 16.9. The fourth-order valence-electron chi connectivity index (χ4n) is 8.37. The fraction of sp³-hybridized carbons (Fsp3) is 0.359. The maximum absolute atomic E-state index is 13.0. The minimum absolute atomic E-state index is 0.0314. The maximum atomic E-state index is 13.0. The van der Waals surface area contributed by atoms with E-state index in [0.29, 0.717) is 11.0 Å². The van der Waals surface area contributed by atoms with Crippen LogP contribution in [-0.2, 0) is 40.3 Å². The van der Waals surface area contributed by atoms with E-state index in [9.17, 15) is 62.6 Å². The van der Waals surface area contributed by atoms with Gasteiger partial charge in [0.25, 0.3) is 20.2 Å². The summed E-state index contributed by atoms with van der Waals surface area (Å²) in [4.78, 5) is 26.8. The number of benzene rings is 3. The third-order valence-corrected chi connectivity index (χ3v) is 13.8. The lowest BCUT2D eigenvalue weighted by molar-refractivity contribution is 0.0695. The number of anilines is 1. The Balaban J connectivity index is 1.77. The summed E-state index contributed by atoms with van der Waals surface area (Å²) in [6.45, 7) is 7.12. The fourth-order valence-corrected chi connectivity index (χ4v) is 10.7. The number of primary sulfonamides is 2. The average molecular weight is 938 g/mol. The van der Waals surface area contributed by atoms with E-state index >= 15 is 0 Å². The highest BCUT2D eigenvalue weighted by Crippen LogP contribution is 2.47. The minimum Gasteiger partial charge on any atom is -0.478 e. The van der Waals surface area contributed by atoms with Crippen LogP contribution in [-0.4, -0.2) is 112 Å². The van der Waals surface area contributed by atoms with Gasteiger partial charge in [-0.05, 0) is 67.3 Å². The monoisotopic (exact) mass is 937 g/mol. The number of ether oxygens (including phenoxy) is 1. The number of hydrogen-bond donors (Lipinski definition) is 6. The third kappa shape index (κ3) is 10.1. The van der Waals surface area contributed by atoms with Crippen LogP contribution in [0.3, 0.4) is 0 Å². The van der Waals surface area contributed by atoms with Gasteiger partial charge in [0.15, 0.2) is 5.54 Å². The predicted molar refractivity (Wildman–Crippen MR) is 230 cm³/mol. The lowest BCUT2D eigenvalue weighted by atomic mass is 9.83. The lowest BCUT2D eigenvalue weighted by Gasteiger charge is -2.44. The van der Waals surface area contributed by atoms with Crippen LogP contribution < -0.4 is 35.1 Å². The van der Waals surface area contributed by atoms with E-state index in [0.717, 1.165) is 6.07 Å². The van der Waals surface area contributed by atoms with Crippen molar-refractivity contribution in [3.63, 3.8) is 0 Å². The van der Waals surface area contributed by atoms with Crippen LogP contribution in [0.4, 0.5) is 5.69 Å². The van der Waals surface area contributed by atoms with Crippen LogP contribution in [0.5, 0.6) is 11.5 Å². The number of carbonyl (C=O) groups is 2. The van der Waals surface area contributed by atoms with Gasteiger partial charge in [0.1, 0.15) is 29.5 Å². The standard InChI is InChI=1S/C39H44N4O15S4/c1-38(2)18-23(20-61(52,53)54)26-14-29-33(16-31(26)42(38)9-5-11-59(40,48)49)58-34-17-32-27(15-30(34)35(29)25-8-7-22(36(44)45)13-28(25)37(46)47)24(21-62(55,56)57)19-39(3,4)43(32)10-6-12-60(41,50)51/h7-8,13-19H,5-6,9-12,20-21H2,1-4H3,(H7-,40,41,44,45,46,47,48,49,50,51,52,53,54,55,56,57)/p+1. The molecule has 0 unspecified atom stereocenters. The van der Waals surface area contributed by atoms with Gasteiger partial charge in [0.2, 0.25) is 25.4 Å². The molecule has 19 nitrogen and oxygen atoms in total. The Hall–Kier alpha value is -5.01. The first-order chi connectivity index (χ1) is 28.3. The molecule has 0 aromatic heterocycles. The Bertz CT molecular complexity index is 3120. The molecule has 0 saturated heterocycles. The largest absolute Gasteiger partial charge is 0.478 e. The first kappa shape index (κ1) is 46.5. The van der Waals surface area contributed by atoms with Gasteiger partial charge >= 0.3 is 11.9 Å². The van der Waals surface area contributed by atoms with Gasteiger partial charge in [0, 0.05) is 60.5 Å². The molecule has 0 fully saturated rings. The molecular weight excluding hydrogens is 893 g/mol. The van der Waals surface area contributed by atoms with E-state index < -0.39 is 91.9 Å². The quantitative estimate of drug-likeness (QED) is 0.0721. The van der Waals surface area contributed by atoms with Crippen LogP contribution in [0, 0.1) is 0 Å². The number of carboxylic acids is 2. The molecule has 6 rings (SSSR count). The molecular formula is C39H45N4O15S4+. The highest BCUT2D eigenvalue weighted by atomic mass is 32.2. The Kier molecular flexibility index (Phi) is 12.0. The van der Waals surface area contributed by atoms with Gasteiger partial charge in [-0.15, -0.1) is 0 Å². The topological polar surface area (TPSA) is 319 Å². The summed E-state index contributed by atoms with van der Waals surface area (Å²) in [5, 5.41) is 31.4. The van der Waals surface area contributed by atoms with Crippen molar-refractivity contribution in [3.05, 3.63) is 98.6 Å². The molecule has 0 aliphatic carbocycles. The summed E-state index contributed by atoms with van der Waals surface area (Å²) < 4.78 is 126. The summed E-state index contributed by atoms with van der Waals surface area (Å²) >= 11 is 0. The molecule has 23 heteroatoms. The smallest absolute Gasteiger partial charge is 0.336 e. The highest BCUT2D eigenvalue weighted by molar-refractivity contribution is 7.89. The summed E-state index contributed by atoms with van der Waals surface area (Å²) in [5.74, 6) is -5.29. The Morgan fingerprint density at radius 1 is 0.710 bits per heavy atom. The predicted octanol–water partition coefficient (Wildman–Crippen LogP) is 1.22. The SMILES string of the molecule is CC1(C)C=C(CS(=O)(=O)O)c2cc3c(cc2N1CCCS(N)(=O)=O)Oc1cc2c(cc1=C3c1ccc(C(=O)O)cc1C(=O)O)C(CS(=O)(=O)O)=CC(C)(C)[N+]=2CCCS(N)(=O)=O. The Morgan fingerprint density at radius 2 is 1.31 bits per heavy atom. The van der Waals surface area contributed by atoms with Crippen LogP contribution in [0.1, 0.15) is 83.5 Å². The van der Waals surface area contributed by atoms with Crippen molar-refractivity contribution in [1.82, 2.24) is 4.58 Å². The summed E-state index contributed by atoms with van der Waals surface area (Å²) in [5.41, 5.74) is -1.52. The zero-order valence-electron chi connectivity index (χ0n) is 33.8. The van der Waals surface area contributed by atoms with Gasteiger partial charge in [-0.1, -0.05) is 12.1 Å². The second kappa shape index (κ2) is 16.0. The van der Waals surface area contributed by atoms with Crippen molar-refractivity contribution in [1.29, 1.82) is 0 Å². The first-order valence-electron chi connectivity index (χ1n) is 18.8. The van der Waals surface area contributed by atoms with Crippen molar-refractivity contribution in [2.24, 2.45) is 10.3 Å². The molecule has 8 N–H and O–H groups in total. The molecule has 0 amide bonds. The maximum Gasteiger partial charge on any atom is 0.336 e. The second-order valence-corrected chi connectivity index (χ2v) is 22.8. The van der Waals surface area contributed by atoms with Gasteiger partial charge in [-0.25, -0.2) is 41.3 Å². The number of fused-ring (bicyclic) bond motifs is 4. The van der Waals surface area contributed by atoms with E-state index in [1.54, 1.807) is 61.5 Å². The molecule has 62 heavy (non-hydrogen) atoms. The van der Waals surface area contributed by atoms with Gasteiger partial charge in [-0.2, -0.15) is 16.8 Å². The second-order valence-electron chi connectivity index (χ2n) is 16.4. The van der Waals surface area contributed by atoms with Crippen molar-refractivity contribution in [2.45, 2.75) is 51.6 Å². The number of nitrogens with two attached hydrogens (primary N) is 2. The zero-order chi connectivity index (χ0) is 46.1. The molecule has 0 bridgehead atoms. The molecule has 0 atom stereocenters. The molecule has 334 valence electrons.